The fourth-order valence-electron chi connectivity index (χ4n) is 4.28. The molecule has 196 valence electrons. The minimum Gasteiger partial charge on any atom is -0.876 e. The Morgan fingerprint density at radius 3 is 1.78 bits per heavy atom. The molecule has 0 unspecified atom stereocenters. The Morgan fingerprint density at radius 1 is 0.861 bits per heavy atom. The van der Waals surface area contributed by atoms with E-state index in [9.17, 15) is 23.1 Å². The second kappa shape index (κ2) is 17.1. The number of alkyl halides is 3. The van der Waals surface area contributed by atoms with Gasteiger partial charge in [0.1, 0.15) is 5.70 Å². The molecule has 0 aliphatic carbocycles. The quantitative estimate of drug-likeness (QED) is 0.145. The summed E-state index contributed by atoms with van der Waals surface area (Å²) >= 11 is 0. The van der Waals surface area contributed by atoms with Gasteiger partial charge >= 0.3 is 35.7 Å². The van der Waals surface area contributed by atoms with Gasteiger partial charge in [-0.1, -0.05) is 78.1 Å². The van der Waals surface area contributed by atoms with E-state index in [-0.39, 0.29) is 41.5 Å². The van der Waals surface area contributed by atoms with Crippen LogP contribution in [0.2, 0.25) is 0 Å². The number of hydrogen-bond donors (Lipinski definition) is 0. The van der Waals surface area contributed by atoms with Gasteiger partial charge in [0.15, 0.2) is 0 Å². The number of unbranched alkanes of at least 4 members (excludes halogenated alkanes) is 10. The molecule has 0 saturated heterocycles. The smallest absolute Gasteiger partial charge is 0.876 e. The number of amidine groups is 1. The van der Waals surface area contributed by atoms with Gasteiger partial charge in [-0.15, -0.1) is 6.26 Å². The molecule has 1 heterocycles. The number of rotatable bonds is 16. The van der Waals surface area contributed by atoms with E-state index in [0.717, 1.165) is 44.5 Å². The number of benzene rings is 1. The van der Waals surface area contributed by atoms with E-state index in [1.54, 1.807) is 12.1 Å². The third-order valence-corrected chi connectivity index (χ3v) is 6.26. The van der Waals surface area contributed by atoms with Crippen LogP contribution < -0.4 is 44.5 Å². The molecule has 0 saturated carbocycles. The van der Waals surface area contributed by atoms with Crippen molar-refractivity contribution in [1.82, 2.24) is 0 Å². The van der Waals surface area contributed by atoms with Crippen molar-refractivity contribution in [2.75, 3.05) is 22.9 Å². The number of hydrogen-bond acceptors (Lipinski definition) is 4. The molecule has 1 aliphatic rings. The van der Waals surface area contributed by atoms with Gasteiger partial charge in [-0.05, 0) is 37.1 Å². The molecule has 0 bridgehead atoms. The summed E-state index contributed by atoms with van der Waals surface area (Å²) in [5, 5.41) is 11.0. The maximum Gasteiger partial charge on any atom is 1.00 e. The fourth-order valence-corrected chi connectivity index (χ4v) is 4.28. The first-order valence-corrected chi connectivity index (χ1v) is 13.0. The molecule has 0 spiro atoms. The number of amides is 1. The Kier molecular flexibility index (Phi) is 15.4. The maximum absolute atomic E-state index is 13.4. The Morgan fingerprint density at radius 2 is 1.33 bits per heavy atom. The first kappa shape index (κ1) is 32.5. The number of carbonyl (C=O) groups is 1. The van der Waals surface area contributed by atoms with Crippen molar-refractivity contribution in [3.63, 3.8) is 0 Å². The van der Waals surface area contributed by atoms with E-state index in [4.69, 9.17) is 0 Å². The van der Waals surface area contributed by atoms with Gasteiger partial charge in [0, 0.05) is 18.8 Å². The van der Waals surface area contributed by atoms with Crippen molar-refractivity contribution in [1.29, 1.82) is 0 Å². The SMILES string of the molecule is CCCCCCCCN(CCCCCCCC)c1ccc(N2C(=O)/C(=C\[O-])N=C2C(F)(F)F)cc1.[Na+]. The van der Waals surface area contributed by atoms with Gasteiger partial charge in [-0.25, -0.2) is 4.99 Å². The molecule has 36 heavy (non-hydrogen) atoms. The number of nitrogens with zero attached hydrogens (tertiary/aromatic N) is 3. The van der Waals surface area contributed by atoms with Gasteiger partial charge < -0.3 is 10.0 Å². The molecule has 0 N–H and O–H groups in total. The van der Waals surface area contributed by atoms with Crippen LogP contribution in [0, 0.1) is 0 Å². The summed E-state index contributed by atoms with van der Waals surface area (Å²) in [7, 11) is 0. The Labute approximate surface area is 236 Å². The molecular formula is C27H39F3N3NaO2. The predicted octanol–water partition coefficient (Wildman–Crippen LogP) is 3.73. The first-order valence-electron chi connectivity index (χ1n) is 13.0. The summed E-state index contributed by atoms with van der Waals surface area (Å²) in [5.74, 6) is -2.44. The normalized spacial score (nSPS) is 14.8. The molecule has 1 aromatic rings. The van der Waals surface area contributed by atoms with Crippen LogP contribution >= 0.6 is 0 Å². The number of carbonyl (C=O) groups excluding carboxylic acids is 1. The van der Waals surface area contributed by atoms with Gasteiger partial charge in [-0.3, -0.25) is 9.69 Å². The molecule has 0 aromatic heterocycles. The van der Waals surface area contributed by atoms with Crippen molar-refractivity contribution < 1.29 is 52.6 Å². The molecule has 1 aliphatic heterocycles. The van der Waals surface area contributed by atoms with Crippen LogP contribution in [0.5, 0.6) is 0 Å². The topological polar surface area (TPSA) is 59.0 Å². The van der Waals surface area contributed by atoms with E-state index >= 15 is 0 Å². The van der Waals surface area contributed by atoms with Crippen LogP contribution in [0.1, 0.15) is 90.9 Å². The minimum atomic E-state index is -4.85. The van der Waals surface area contributed by atoms with E-state index < -0.39 is 23.6 Å². The summed E-state index contributed by atoms with van der Waals surface area (Å²) in [4.78, 5) is 18.3. The van der Waals surface area contributed by atoms with Gasteiger partial charge in [0.25, 0.3) is 5.91 Å². The maximum atomic E-state index is 13.4. The molecule has 0 fully saturated rings. The van der Waals surface area contributed by atoms with E-state index in [1.165, 1.54) is 63.5 Å². The van der Waals surface area contributed by atoms with E-state index in [1.807, 2.05) is 0 Å². The first-order chi connectivity index (χ1) is 16.8. The Bertz CT molecular complexity index is 826. The van der Waals surface area contributed by atoms with E-state index in [0.29, 0.717) is 4.90 Å². The summed E-state index contributed by atoms with van der Waals surface area (Å²) in [5.41, 5.74) is 0.229. The summed E-state index contributed by atoms with van der Waals surface area (Å²) in [6, 6.07) is 6.50. The van der Waals surface area contributed by atoms with Crippen LogP contribution in [-0.2, 0) is 4.79 Å². The average Bonchev–Trinajstić information content (AvgIpc) is 3.19. The largest absolute Gasteiger partial charge is 1.00 e. The molecule has 9 heteroatoms. The minimum absolute atomic E-state index is 0. The van der Waals surface area contributed by atoms with Gasteiger partial charge in [0.2, 0.25) is 5.84 Å². The zero-order valence-electron chi connectivity index (χ0n) is 22.1. The third-order valence-electron chi connectivity index (χ3n) is 6.26. The second-order valence-corrected chi connectivity index (χ2v) is 9.12. The van der Waals surface area contributed by atoms with Crippen LogP contribution in [0.15, 0.2) is 41.2 Å². The van der Waals surface area contributed by atoms with Crippen molar-refractivity contribution in [3.05, 3.63) is 36.2 Å². The van der Waals surface area contributed by atoms with Crippen molar-refractivity contribution in [2.24, 2.45) is 4.99 Å². The molecular weight excluding hydrogens is 478 g/mol. The molecule has 2 rings (SSSR count). The van der Waals surface area contributed by atoms with Crippen LogP contribution in [0.25, 0.3) is 0 Å². The Balaban J connectivity index is 0.00000648. The average molecular weight is 518 g/mol. The summed E-state index contributed by atoms with van der Waals surface area (Å²) in [6.07, 6.45) is 9.50. The van der Waals surface area contributed by atoms with Crippen molar-refractivity contribution in [2.45, 2.75) is 97.1 Å². The second-order valence-electron chi connectivity index (χ2n) is 9.12. The zero-order chi connectivity index (χ0) is 25.7. The molecule has 1 amide bonds. The van der Waals surface area contributed by atoms with E-state index in [2.05, 4.69) is 23.7 Å². The van der Waals surface area contributed by atoms with Crippen molar-refractivity contribution in [3.8, 4) is 0 Å². The summed E-state index contributed by atoms with van der Waals surface area (Å²) in [6.45, 7) is 6.18. The summed E-state index contributed by atoms with van der Waals surface area (Å²) < 4.78 is 40.3. The monoisotopic (exact) mass is 517 g/mol. The zero-order valence-corrected chi connectivity index (χ0v) is 24.1. The van der Waals surface area contributed by atoms with Gasteiger partial charge in [0.05, 0.1) is 5.69 Å². The molecule has 0 radical (unpaired) electrons. The van der Waals surface area contributed by atoms with Crippen LogP contribution in [0.4, 0.5) is 24.5 Å². The van der Waals surface area contributed by atoms with Gasteiger partial charge in [-0.2, -0.15) is 13.2 Å². The fraction of sp³-hybridized carbons (Fsp3) is 0.630. The number of aliphatic imine (C=N–C) groups is 1. The third kappa shape index (κ3) is 10.1. The van der Waals surface area contributed by atoms with Crippen molar-refractivity contribution >= 4 is 23.1 Å². The predicted molar refractivity (Wildman–Crippen MR) is 134 cm³/mol. The number of anilines is 2. The molecule has 0 atom stereocenters. The van der Waals surface area contributed by atoms with Crippen LogP contribution in [-0.4, -0.2) is 31.0 Å². The standard InChI is InChI=1S/C27H40F3N3O2.Na/c1-3-5-7-9-11-13-19-32(20-14-12-10-8-6-4-2)22-15-17-23(18-16-22)33-25(35)24(21-34)31-26(33)27(28,29)30;/h15-18,21,34H,3-14,19-20H2,1-2H3;/q;+1/p-1/b24-21+;. The molecule has 1 aromatic carbocycles. The Hall–Kier alpha value is -1.51. The molecule has 5 nitrogen and oxygen atoms in total. The number of halogens is 3. The van der Waals surface area contributed by atoms with Crippen LogP contribution in [0.3, 0.4) is 0 Å².